The van der Waals surface area contributed by atoms with E-state index >= 15 is 8.78 Å². The Morgan fingerprint density at radius 2 is 1.65 bits per heavy atom. The van der Waals surface area contributed by atoms with Gasteiger partial charge in [0, 0.05) is 39.8 Å². The zero-order chi connectivity index (χ0) is 25.0. The number of nitriles is 1. The number of amides is 1. The van der Waals surface area contributed by atoms with Gasteiger partial charge in [-0.3, -0.25) is 4.79 Å². The molecule has 3 aromatic rings. The Labute approximate surface area is 195 Å². The van der Waals surface area contributed by atoms with Crippen molar-refractivity contribution in [2.24, 2.45) is 0 Å². The fraction of sp³-hybridized carbons (Fsp3) is 0.208. The first-order valence-electron chi connectivity index (χ1n) is 9.98. The van der Waals surface area contributed by atoms with Crippen LogP contribution in [0.1, 0.15) is 15.9 Å². The van der Waals surface area contributed by atoms with Crippen molar-refractivity contribution in [3.8, 4) is 35.1 Å². The second-order valence-electron chi connectivity index (χ2n) is 7.50. The molecule has 0 spiro atoms. The molecule has 34 heavy (non-hydrogen) atoms. The van der Waals surface area contributed by atoms with Crippen molar-refractivity contribution in [1.82, 2.24) is 9.88 Å². The maximum Gasteiger partial charge on any atom is 0.261 e. The summed E-state index contributed by atoms with van der Waals surface area (Å²) in [5.41, 5.74) is 0.105. The number of hydrogen-bond acceptors (Lipinski definition) is 7. The topological polar surface area (TPSA) is 87.9 Å². The van der Waals surface area contributed by atoms with Crippen molar-refractivity contribution in [1.29, 1.82) is 5.26 Å². The van der Waals surface area contributed by atoms with Gasteiger partial charge in [0.1, 0.15) is 11.4 Å². The summed E-state index contributed by atoms with van der Waals surface area (Å²) in [7, 11) is 7.47. The lowest BCUT2D eigenvalue weighted by atomic mass is 10.2. The highest BCUT2D eigenvalue weighted by atomic mass is 19.1. The van der Waals surface area contributed by atoms with E-state index in [1.807, 2.05) is 6.07 Å². The molecule has 2 aromatic carbocycles. The van der Waals surface area contributed by atoms with Gasteiger partial charge < -0.3 is 24.0 Å². The molecule has 0 aliphatic rings. The van der Waals surface area contributed by atoms with Gasteiger partial charge >= 0.3 is 0 Å². The zero-order valence-corrected chi connectivity index (χ0v) is 19.2. The van der Waals surface area contributed by atoms with E-state index in [9.17, 15) is 4.79 Å². The Morgan fingerprint density at radius 1 is 0.971 bits per heavy atom. The summed E-state index contributed by atoms with van der Waals surface area (Å²) in [4.78, 5) is 18.7. The number of pyridine rings is 1. The average Bonchev–Trinajstić information content (AvgIpc) is 2.81. The largest absolute Gasteiger partial charge is 0.493 e. The van der Waals surface area contributed by atoms with E-state index in [1.54, 1.807) is 26.2 Å². The Balaban J connectivity index is 2.08. The Morgan fingerprint density at radius 3 is 2.24 bits per heavy atom. The van der Waals surface area contributed by atoms with Gasteiger partial charge in [-0.05, 0) is 30.3 Å². The van der Waals surface area contributed by atoms with Crippen molar-refractivity contribution < 1.29 is 27.8 Å². The molecule has 0 fully saturated rings. The molecule has 10 heteroatoms. The van der Waals surface area contributed by atoms with E-state index in [-0.39, 0.29) is 28.7 Å². The fourth-order valence-corrected chi connectivity index (χ4v) is 3.01. The van der Waals surface area contributed by atoms with E-state index in [1.165, 1.54) is 61.3 Å². The molecule has 1 amide bonds. The Kier molecular flexibility index (Phi) is 7.16. The van der Waals surface area contributed by atoms with Crippen LogP contribution in [-0.2, 0) is 0 Å². The first kappa shape index (κ1) is 24.3. The van der Waals surface area contributed by atoms with Crippen LogP contribution in [-0.4, -0.2) is 51.1 Å². The van der Waals surface area contributed by atoms with Gasteiger partial charge in [0.25, 0.3) is 17.7 Å². The molecule has 3 rings (SSSR count). The van der Waals surface area contributed by atoms with Gasteiger partial charge in [-0.2, -0.15) is 19.0 Å². The molecule has 0 unspecified atom stereocenters. The first-order chi connectivity index (χ1) is 16.2. The van der Waals surface area contributed by atoms with Crippen LogP contribution in [0, 0.1) is 23.0 Å². The lowest BCUT2D eigenvalue weighted by molar-refractivity contribution is 0.0827. The van der Waals surface area contributed by atoms with Crippen LogP contribution in [0.2, 0.25) is 0 Å². The predicted molar refractivity (Wildman–Crippen MR) is 121 cm³/mol. The highest BCUT2D eigenvalue weighted by molar-refractivity contribution is 5.94. The molecule has 0 atom stereocenters. The molecule has 1 heterocycles. The lowest BCUT2D eigenvalue weighted by Crippen LogP contribution is -2.21. The first-order valence-corrected chi connectivity index (χ1v) is 9.98. The standard InChI is InChI=1S/C24H22F2N4O4/c1-29(2)21-19(25)22(33-16-8-6-7-15(12-16)24(31)30(3)4)28-23(20(21)26)34-18-11-14(13-27)9-10-17(18)32-5/h6-12H,1-5H3. The number of ether oxygens (including phenoxy) is 3. The highest BCUT2D eigenvalue weighted by Crippen LogP contribution is 2.39. The monoisotopic (exact) mass is 468 g/mol. The summed E-state index contributed by atoms with van der Waals surface area (Å²) >= 11 is 0. The normalized spacial score (nSPS) is 10.3. The second kappa shape index (κ2) is 10.0. The maximum absolute atomic E-state index is 15.2. The Hall–Kier alpha value is -4.39. The van der Waals surface area contributed by atoms with Crippen LogP contribution in [0.4, 0.5) is 14.5 Å². The summed E-state index contributed by atoms with van der Waals surface area (Å²) in [6.45, 7) is 0. The van der Waals surface area contributed by atoms with Crippen molar-refractivity contribution >= 4 is 11.6 Å². The minimum absolute atomic E-state index is 0.00814. The molecule has 8 nitrogen and oxygen atoms in total. The van der Waals surface area contributed by atoms with Gasteiger partial charge in [0.05, 0.1) is 18.7 Å². The molecule has 0 bridgehead atoms. The molecule has 176 valence electrons. The Bertz CT molecular complexity index is 1270. The van der Waals surface area contributed by atoms with Crippen LogP contribution in [0.3, 0.4) is 0 Å². The zero-order valence-electron chi connectivity index (χ0n) is 19.2. The molecule has 0 N–H and O–H groups in total. The van der Waals surface area contributed by atoms with E-state index in [4.69, 9.17) is 19.5 Å². The van der Waals surface area contributed by atoms with Crippen LogP contribution in [0.25, 0.3) is 0 Å². The lowest BCUT2D eigenvalue weighted by Gasteiger charge is -2.19. The van der Waals surface area contributed by atoms with Gasteiger partial charge in [-0.15, -0.1) is 0 Å². The smallest absolute Gasteiger partial charge is 0.261 e. The number of carbonyl (C=O) groups is 1. The summed E-state index contributed by atoms with van der Waals surface area (Å²) in [5.74, 6) is -3.22. The molecule has 0 saturated carbocycles. The predicted octanol–water partition coefficient (Wildman–Crippen LogP) is 4.59. The third-order valence-electron chi connectivity index (χ3n) is 4.64. The fourth-order valence-electron chi connectivity index (χ4n) is 3.01. The number of anilines is 1. The van der Waals surface area contributed by atoms with Gasteiger partial charge in [-0.25, -0.2) is 0 Å². The van der Waals surface area contributed by atoms with Crippen LogP contribution in [0.5, 0.6) is 29.0 Å². The van der Waals surface area contributed by atoms with Crippen LogP contribution in [0.15, 0.2) is 42.5 Å². The van der Waals surface area contributed by atoms with Crippen molar-refractivity contribution in [2.45, 2.75) is 0 Å². The van der Waals surface area contributed by atoms with Crippen LogP contribution >= 0.6 is 0 Å². The summed E-state index contributed by atoms with van der Waals surface area (Å²) in [6, 6.07) is 12.3. The van der Waals surface area contributed by atoms with E-state index in [0.717, 1.165) is 0 Å². The number of aromatic nitrogens is 1. The molecule has 1 aromatic heterocycles. The summed E-state index contributed by atoms with van der Waals surface area (Å²) in [5, 5.41) is 9.16. The minimum atomic E-state index is -1.07. The molecule has 0 aliphatic carbocycles. The minimum Gasteiger partial charge on any atom is -0.493 e. The quantitative estimate of drug-likeness (QED) is 0.501. The number of rotatable bonds is 7. The molecular weight excluding hydrogens is 446 g/mol. The third-order valence-corrected chi connectivity index (χ3v) is 4.64. The van der Waals surface area contributed by atoms with E-state index in [0.29, 0.717) is 5.56 Å². The highest BCUT2D eigenvalue weighted by Gasteiger charge is 2.26. The van der Waals surface area contributed by atoms with Gasteiger partial charge in [0.2, 0.25) is 11.6 Å². The summed E-state index contributed by atoms with van der Waals surface area (Å²) in [6.07, 6.45) is 0. The third kappa shape index (κ3) is 4.99. The van der Waals surface area contributed by atoms with Gasteiger partial charge in [0.15, 0.2) is 11.5 Å². The van der Waals surface area contributed by atoms with E-state index in [2.05, 4.69) is 4.98 Å². The number of benzene rings is 2. The number of halogens is 2. The molecular formula is C24H22F2N4O4. The SMILES string of the molecule is COc1ccc(C#N)cc1Oc1nc(Oc2cccc(C(=O)N(C)C)c2)c(F)c(N(C)C)c1F. The maximum atomic E-state index is 15.2. The van der Waals surface area contributed by atoms with Crippen molar-refractivity contribution in [2.75, 3.05) is 40.2 Å². The number of methoxy groups -OCH3 is 1. The number of hydrogen-bond donors (Lipinski definition) is 0. The molecule has 0 saturated heterocycles. The molecule has 0 radical (unpaired) electrons. The molecule has 0 aliphatic heterocycles. The number of nitrogens with zero attached hydrogens (tertiary/aromatic N) is 4. The summed E-state index contributed by atoms with van der Waals surface area (Å²) < 4.78 is 46.7. The number of carbonyl (C=O) groups excluding carboxylic acids is 1. The average molecular weight is 468 g/mol. The van der Waals surface area contributed by atoms with Crippen molar-refractivity contribution in [3.05, 3.63) is 65.2 Å². The van der Waals surface area contributed by atoms with Crippen LogP contribution < -0.4 is 19.1 Å². The van der Waals surface area contributed by atoms with E-state index < -0.39 is 29.1 Å². The second-order valence-corrected chi connectivity index (χ2v) is 7.50. The van der Waals surface area contributed by atoms with Crippen molar-refractivity contribution in [3.63, 3.8) is 0 Å². The van der Waals surface area contributed by atoms with Gasteiger partial charge in [-0.1, -0.05) is 6.07 Å².